The maximum absolute atomic E-state index is 12.9. The lowest BCUT2D eigenvalue weighted by Crippen LogP contribution is -2.42. The minimum absolute atomic E-state index is 0.01000. The smallest absolute Gasteiger partial charge is 0.307 e. The topological polar surface area (TPSA) is 57.6 Å². The first-order valence-corrected chi connectivity index (χ1v) is 7.47. The number of carbonyl (C=O) groups is 2. The number of carbonyl (C=O) groups excluding carboxylic acids is 1. The fraction of sp³-hybridized carbons (Fsp3) is 0.412. The number of hydrogen-bond donors (Lipinski definition) is 1. The summed E-state index contributed by atoms with van der Waals surface area (Å²) in [7, 11) is 0. The summed E-state index contributed by atoms with van der Waals surface area (Å²) < 4.78 is 0. The zero-order valence-electron chi connectivity index (χ0n) is 11.6. The second kappa shape index (κ2) is 4.45. The first kappa shape index (κ1) is 12.6. The van der Waals surface area contributed by atoms with Crippen molar-refractivity contribution in [3.8, 4) is 0 Å². The second-order valence-corrected chi connectivity index (χ2v) is 6.21. The van der Waals surface area contributed by atoms with Gasteiger partial charge in [-0.3, -0.25) is 9.59 Å². The standard InChI is InChI=1S/C17H17NO3/c19-16(18-8-7-10-3-1-2-4-13(10)18)14-11-5-6-12(9-11)15(14)17(20)21/h1-6,11-12,14-15H,7-9H2,(H,20,21)/t11-,12-,14+,15-/m1/s1. The van der Waals surface area contributed by atoms with E-state index in [4.69, 9.17) is 0 Å². The van der Waals surface area contributed by atoms with E-state index in [9.17, 15) is 14.7 Å². The van der Waals surface area contributed by atoms with E-state index in [-0.39, 0.29) is 17.7 Å². The Hall–Kier alpha value is -2.10. The number of carboxylic acid groups (broad SMARTS) is 1. The number of anilines is 1. The van der Waals surface area contributed by atoms with Gasteiger partial charge in [-0.15, -0.1) is 0 Å². The maximum atomic E-state index is 12.9. The Kier molecular flexibility index (Phi) is 2.67. The zero-order chi connectivity index (χ0) is 14.6. The summed E-state index contributed by atoms with van der Waals surface area (Å²) >= 11 is 0. The number of benzene rings is 1. The lowest BCUT2D eigenvalue weighted by Gasteiger charge is -2.28. The number of amides is 1. The summed E-state index contributed by atoms with van der Waals surface area (Å²) in [5.74, 6) is -1.68. The molecule has 2 bridgehead atoms. The van der Waals surface area contributed by atoms with E-state index in [1.54, 1.807) is 4.90 Å². The van der Waals surface area contributed by atoms with Gasteiger partial charge in [0.05, 0.1) is 11.8 Å². The number of aliphatic carboxylic acids is 1. The first-order chi connectivity index (χ1) is 10.2. The van der Waals surface area contributed by atoms with Gasteiger partial charge >= 0.3 is 5.97 Å². The van der Waals surface area contributed by atoms with Crippen LogP contribution in [0.4, 0.5) is 5.69 Å². The van der Waals surface area contributed by atoms with Crippen molar-refractivity contribution in [3.63, 3.8) is 0 Å². The Balaban J connectivity index is 1.67. The molecule has 1 heterocycles. The van der Waals surface area contributed by atoms with Crippen molar-refractivity contribution in [3.05, 3.63) is 42.0 Å². The Labute approximate surface area is 123 Å². The minimum Gasteiger partial charge on any atom is -0.481 e. The van der Waals surface area contributed by atoms with Crippen LogP contribution in [0, 0.1) is 23.7 Å². The molecule has 4 rings (SSSR count). The molecule has 1 saturated carbocycles. The van der Waals surface area contributed by atoms with E-state index in [1.807, 2.05) is 36.4 Å². The van der Waals surface area contributed by atoms with Crippen LogP contribution in [0.5, 0.6) is 0 Å². The normalized spacial score (nSPS) is 32.5. The Morgan fingerprint density at radius 3 is 2.57 bits per heavy atom. The summed E-state index contributed by atoms with van der Waals surface area (Å²) in [4.78, 5) is 26.3. The van der Waals surface area contributed by atoms with Gasteiger partial charge in [0.25, 0.3) is 0 Å². The van der Waals surface area contributed by atoms with Crippen LogP contribution < -0.4 is 4.90 Å². The zero-order valence-corrected chi connectivity index (χ0v) is 11.6. The molecule has 0 radical (unpaired) electrons. The molecule has 1 aromatic rings. The number of rotatable bonds is 2. The van der Waals surface area contributed by atoms with Crippen molar-refractivity contribution in [1.29, 1.82) is 0 Å². The van der Waals surface area contributed by atoms with Crippen LogP contribution in [0.25, 0.3) is 0 Å². The Bertz CT molecular complexity index is 651. The highest BCUT2D eigenvalue weighted by molar-refractivity contribution is 5.99. The third-order valence-corrected chi connectivity index (χ3v) is 5.18. The van der Waals surface area contributed by atoms with Crippen molar-refractivity contribution in [1.82, 2.24) is 0 Å². The van der Waals surface area contributed by atoms with Gasteiger partial charge in [-0.1, -0.05) is 30.4 Å². The SMILES string of the molecule is O=C(O)[C@H]1[C@@H](C(=O)N2CCc3ccccc32)[C@@H]2C=C[C@@H]1C2. The second-order valence-electron chi connectivity index (χ2n) is 6.21. The molecule has 0 aromatic heterocycles. The Morgan fingerprint density at radius 2 is 1.81 bits per heavy atom. The number of allylic oxidation sites excluding steroid dienone is 2. The first-order valence-electron chi connectivity index (χ1n) is 7.47. The van der Waals surface area contributed by atoms with Gasteiger partial charge in [-0.05, 0) is 36.3 Å². The molecule has 2 aliphatic carbocycles. The van der Waals surface area contributed by atoms with Gasteiger partial charge in [-0.25, -0.2) is 0 Å². The molecule has 1 aliphatic heterocycles. The van der Waals surface area contributed by atoms with Gasteiger partial charge in [0.15, 0.2) is 0 Å². The van der Waals surface area contributed by atoms with Crippen molar-refractivity contribution in [2.75, 3.05) is 11.4 Å². The van der Waals surface area contributed by atoms with E-state index < -0.39 is 17.8 Å². The Morgan fingerprint density at radius 1 is 1.10 bits per heavy atom. The molecule has 4 heteroatoms. The predicted molar refractivity (Wildman–Crippen MR) is 77.9 cm³/mol. The van der Waals surface area contributed by atoms with Gasteiger partial charge < -0.3 is 10.0 Å². The average Bonchev–Trinajstić information content (AvgIpc) is 3.19. The van der Waals surface area contributed by atoms with Crippen LogP contribution in [-0.4, -0.2) is 23.5 Å². The molecule has 1 amide bonds. The van der Waals surface area contributed by atoms with E-state index in [0.29, 0.717) is 6.54 Å². The summed E-state index contributed by atoms with van der Waals surface area (Å²) in [6.07, 6.45) is 5.68. The molecule has 4 nitrogen and oxygen atoms in total. The van der Waals surface area contributed by atoms with Crippen LogP contribution in [-0.2, 0) is 16.0 Å². The van der Waals surface area contributed by atoms with Crippen LogP contribution in [0.1, 0.15) is 12.0 Å². The van der Waals surface area contributed by atoms with E-state index in [2.05, 4.69) is 0 Å². The molecular formula is C17H17NO3. The third-order valence-electron chi connectivity index (χ3n) is 5.18. The van der Waals surface area contributed by atoms with Gasteiger partial charge in [0, 0.05) is 12.2 Å². The van der Waals surface area contributed by atoms with Crippen molar-refractivity contribution in [2.24, 2.45) is 23.7 Å². The highest BCUT2D eigenvalue weighted by Gasteiger charge is 2.53. The molecule has 0 spiro atoms. The molecule has 0 saturated heterocycles. The highest BCUT2D eigenvalue weighted by atomic mass is 16.4. The number of nitrogens with zero attached hydrogens (tertiary/aromatic N) is 1. The quantitative estimate of drug-likeness (QED) is 0.846. The molecular weight excluding hydrogens is 266 g/mol. The number of hydrogen-bond acceptors (Lipinski definition) is 2. The monoisotopic (exact) mass is 283 g/mol. The summed E-state index contributed by atoms with van der Waals surface area (Å²) in [5.41, 5.74) is 2.13. The van der Waals surface area contributed by atoms with Gasteiger partial charge in [0.2, 0.25) is 5.91 Å². The fourth-order valence-corrected chi connectivity index (χ4v) is 4.24. The molecule has 108 valence electrons. The number of para-hydroxylation sites is 1. The van der Waals surface area contributed by atoms with Crippen LogP contribution in [0.3, 0.4) is 0 Å². The molecule has 1 fully saturated rings. The highest BCUT2D eigenvalue weighted by Crippen LogP contribution is 2.49. The lowest BCUT2D eigenvalue weighted by molar-refractivity contribution is -0.147. The number of carboxylic acids is 1. The van der Waals surface area contributed by atoms with E-state index >= 15 is 0 Å². The maximum Gasteiger partial charge on any atom is 0.307 e. The van der Waals surface area contributed by atoms with Crippen LogP contribution in [0.15, 0.2) is 36.4 Å². The van der Waals surface area contributed by atoms with Crippen molar-refractivity contribution in [2.45, 2.75) is 12.8 Å². The van der Waals surface area contributed by atoms with E-state index in [1.165, 1.54) is 5.56 Å². The molecule has 3 aliphatic rings. The molecule has 21 heavy (non-hydrogen) atoms. The minimum atomic E-state index is -0.835. The summed E-state index contributed by atoms with van der Waals surface area (Å²) in [6.45, 7) is 0.669. The van der Waals surface area contributed by atoms with Crippen LogP contribution >= 0.6 is 0 Å². The number of fused-ring (bicyclic) bond motifs is 3. The molecule has 0 unspecified atom stereocenters. The summed E-state index contributed by atoms with van der Waals surface area (Å²) in [5, 5.41) is 9.49. The summed E-state index contributed by atoms with van der Waals surface area (Å²) in [6, 6.07) is 7.91. The van der Waals surface area contributed by atoms with Gasteiger partial charge in [-0.2, -0.15) is 0 Å². The third kappa shape index (κ3) is 1.75. The van der Waals surface area contributed by atoms with Crippen molar-refractivity contribution >= 4 is 17.6 Å². The van der Waals surface area contributed by atoms with Crippen molar-refractivity contribution < 1.29 is 14.7 Å². The van der Waals surface area contributed by atoms with Crippen LogP contribution in [0.2, 0.25) is 0 Å². The lowest BCUT2D eigenvalue weighted by atomic mass is 9.82. The largest absolute Gasteiger partial charge is 0.481 e. The predicted octanol–water partition coefficient (Wildman–Crippen LogP) is 2.10. The van der Waals surface area contributed by atoms with Gasteiger partial charge in [0.1, 0.15) is 0 Å². The fourth-order valence-electron chi connectivity index (χ4n) is 4.24. The van der Waals surface area contributed by atoms with E-state index in [0.717, 1.165) is 18.5 Å². The average molecular weight is 283 g/mol. The molecule has 1 aromatic carbocycles. The molecule has 1 N–H and O–H groups in total. The molecule has 4 atom stereocenters.